The Kier molecular flexibility index (Phi) is 5.36. The van der Waals surface area contributed by atoms with Gasteiger partial charge in [0.1, 0.15) is 5.70 Å². The molecule has 4 nitrogen and oxygen atoms in total. The number of likely N-dealkylation sites (tertiary alicyclic amines) is 1. The van der Waals surface area contributed by atoms with Gasteiger partial charge in [-0.1, -0.05) is 43.1 Å². The van der Waals surface area contributed by atoms with Gasteiger partial charge in [-0.05, 0) is 44.2 Å². The predicted molar refractivity (Wildman–Crippen MR) is 105 cm³/mol. The molecule has 1 saturated heterocycles. The van der Waals surface area contributed by atoms with Gasteiger partial charge in [-0.2, -0.15) is 0 Å². The van der Waals surface area contributed by atoms with E-state index in [2.05, 4.69) is 18.7 Å². The van der Waals surface area contributed by atoms with Gasteiger partial charge in [-0.15, -0.1) is 0 Å². The van der Waals surface area contributed by atoms with Crippen LogP contribution in [-0.2, 0) is 9.59 Å². The molecule has 2 unspecified atom stereocenters. The maximum absolute atomic E-state index is 13.2. The summed E-state index contributed by atoms with van der Waals surface area (Å²) in [6.45, 7) is 9.58. The highest BCUT2D eigenvalue weighted by Crippen LogP contribution is 2.38. The summed E-state index contributed by atoms with van der Waals surface area (Å²) in [6.07, 6.45) is 1.12. The van der Waals surface area contributed by atoms with E-state index in [-0.39, 0.29) is 17.9 Å². The van der Waals surface area contributed by atoms with E-state index in [4.69, 9.17) is 23.2 Å². The van der Waals surface area contributed by atoms with Crippen LogP contribution in [0.4, 0.5) is 0 Å². The zero-order chi connectivity index (χ0) is 19.2. The fourth-order valence-electron chi connectivity index (χ4n) is 4.08. The summed E-state index contributed by atoms with van der Waals surface area (Å²) >= 11 is 12.4. The van der Waals surface area contributed by atoms with E-state index in [0.717, 1.165) is 19.5 Å². The van der Waals surface area contributed by atoms with Gasteiger partial charge in [0.2, 0.25) is 0 Å². The smallest absolute Gasteiger partial charge is 0.278 e. The Morgan fingerprint density at radius 3 is 2.19 bits per heavy atom. The summed E-state index contributed by atoms with van der Waals surface area (Å²) in [4.78, 5) is 29.7. The second kappa shape index (κ2) is 7.24. The van der Waals surface area contributed by atoms with E-state index in [1.165, 1.54) is 4.90 Å². The largest absolute Gasteiger partial charge is 0.366 e. The van der Waals surface area contributed by atoms with Crippen LogP contribution in [0.2, 0.25) is 10.0 Å². The van der Waals surface area contributed by atoms with Crippen molar-refractivity contribution in [3.63, 3.8) is 0 Å². The highest BCUT2D eigenvalue weighted by molar-refractivity contribution is 6.41. The zero-order valence-electron chi connectivity index (χ0n) is 15.6. The Bertz CT molecular complexity index is 778. The van der Waals surface area contributed by atoms with Gasteiger partial charge in [-0.25, -0.2) is 0 Å². The van der Waals surface area contributed by atoms with Gasteiger partial charge in [0, 0.05) is 29.7 Å². The van der Waals surface area contributed by atoms with Crippen LogP contribution < -0.4 is 0 Å². The molecule has 3 rings (SSSR count). The first kappa shape index (κ1) is 19.2. The number of hydrogen-bond donors (Lipinski definition) is 0. The number of piperidine rings is 1. The van der Waals surface area contributed by atoms with Crippen molar-refractivity contribution in [1.29, 1.82) is 0 Å². The third kappa shape index (κ3) is 3.37. The van der Waals surface area contributed by atoms with Crippen molar-refractivity contribution in [1.82, 2.24) is 9.80 Å². The fraction of sp³-hybridized carbons (Fsp3) is 0.500. The van der Waals surface area contributed by atoms with Crippen LogP contribution in [0.5, 0.6) is 0 Å². The molecule has 0 radical (unpaired) electrons. The van der Waals surface area contributed by atoms with E-state index in [1.807, 2.05) is 13.8 Å². The molecule has 0 saturated carbocycles. The van der Waals surface area contributed by atoms with Crippen molar-refractivity contribution in [3.05, 3.63) is 39.5 Å². The van der Waals surface area contributed by atoms with Gasteiger partial charge in [0.25, 0.3) is 11.8 Å². The van der Waals surface area contributed by atoms with Crippen LogP contribution in [0.1, 0.15) is 39.7 Å². The van der Waals surface area contributed by atoms with Gasteiger partial charge in [0.15, 0.2) is 0 Å². The molecular weight excluding hydrogens is 371 g/mol. The predicted octanol–water partition coefficient (Wildman–Crippen LogP) is 4.46. The van der Waals surface area contributed by atoms with Crippen LogP contribution in [-0.4, -0.2) is 40.7 Å². The SMILES string of the molecule is CC1CC(C)CN(C2=C(c3ccc(Cl)cc3Cl)C(=O)N(C(C)C)C2=O)C1. The van der Waals surface area contributed by atoms with Gasteiger partial charge < -0.3 is 4.90 Å². The number of rotatable bonds is 3. The molecule has 0 spiro atoms. The summed E-state index contributed by atoms with van der Waals surface area (Å²) < 4.78 is 0. The Morgan fingerprint density at radius 2 is 1.65 bits per heavy atom. The van der Waals surface area contributed by atoms with Crippen molar-refractivity contribution in [3.8, 4) is 0 Å². The summed E-state index contributed by atoms with van der Waals surface area (Å²) in [6, 6.07) is 4.82. The Hall–Kier alpha value is -1.52. The van der Waals surface area contributed by atoms with E-state index >= 15 is 0 Å². The normalized spacial score (nSPS) is 24.3. The Balaban J connectivity index is 2.16. The van der Waals surface area contributed by atoms with Crippen molar-refractivity contribution in [2.24, 2.45) is 11.8 Å². The van der Waals surface area contributed by atoms with Gasteiger partial charge >= 0.3 is 0 Å². The number of halogens is 2. The van der Waals surface area contributed by atoms with Crippen LogP contribution in [0.25, 0.3) is 5.57 Å². The monoisotopic (exact) mass is 394 g/mol. The average Bonchev–Trinajstić information content (AvgIpc) is 2.77. The molecule has 140 valence electrons. The van der Waals surface area contributed by atoms with E-state index in [0.29, 0.717) is 38.7 Å². The number of benzene rings is 1. The lowest BCUT2D eigenvalue weighted by atomic mass is 9.91. The van der Waals surface area contributed by atoms with Gasteiger partial charge in [0.05, 0.1) is 10.6 Å². The molecule has 2 aliphatic heterocycles. The number of imide groups is 1. The molecule has 2 amide bonds. The molecule has 26 heavy (non-hydrogen) atoms. The molecule has 2 atom stereocenters. The maximum atomic E-state index is 13.2. The average molecular weight is 395 g/mol. The molecule has 1 fully saturated rings. The second-order valence-electron chi connectivity index (χ2n) is 7.77. The van der Waals surface area contributed by atoms with Crippen molar-refractivity contribution >= 4 is 40.6 Å². The summed E-state index contributed by atoms with van der Waals surface area (Å²) in [5.41, 5.74) is 1.44. The number of carbonyl (C=O) groups is 2. The van der Waals surface area contributed by atoms with Crippen LogP contribution >= 0.6 is 23.2 Å². The lowest BCUT2D eigenvalue weighted by Crippen LogP contribution is -2.43. The van der Waals surface area contributed by atoms with Crippen molar-refractivity contribution in [2.75, 3.05) is 13.1 Å². The Labute approximate surface area is 164 Å². The summed E-state index contributed by atoms with van der Waals surface area (Å²) in [5.74, 6) is 0.413. The molecule has 0 N–H and O–H groups in total. The molecule has 2 heterocycles. The molecular formula is C20H24Cl2N2O2. The first-order valence-corrected chi connectivity index (χ1v) is 9.78. The topological polar surface area (TPSA) is 40.6 Å². The minimum atomic E-state index is -0.282. The molecule has 1 aromatic carbocycles. The van der Waals surface area contributed by atoms with E-state index < -0.39 is 0 Å². The third-order valence-electron chi connectivity index (χ3n) is 4.99. The molecule has 0 bridgehead atoms. The lowest BCUT2D eigenvalue weighted by molar-refractivity contribution is -0.139. The third-order valence-corrected chi connectivity index (χ3v) is 5.54. The van der Waals surface area contributed by atoms with Crippen LogP contribution in [0.3, 0.4) is 0 Å². The van der Waals surface area contributed by atoms with Gasteiger partial charge in [-0.3, -0.25) is 14.5 Å². The highest BCUT2D eigenvalue weighted by Gasteiger charge is 2.44. The minimum absolute atomic E-state index is 0.215. The minimum Gasteiger partial charge on any atom is -0.366 e. The maximum Gasteiger partial charge on any atom is 0.278 e. The highest BCUT2D eigenvalue weighted by atomic mass is 35.5. The van der Waals surface area contributed by atoms with Crippen LogP contribution in [0, 0.1) is 11.8 Å². The molecule has 0 aliphatic carbocycles. The first-order valence-electron chi connectivity index (χ1n) is 9.03. The second-order valence-corrected chi connectivity index (χ2v) is 8.62. The standard InChI is InChI=1S/C20H24Cl2N2O2/c1-11(2)24-19(25)17(15-6-5-14(21)8-16(15)22)18(20(24)26)23-9-12(3)7-13(4)10-23/h5-6,8,11-13H,7,9-10H2,1-4H3. The van der Waals surface area contributed by atoms with E-state index in [9.17, 15) is 9.59 Å². The Morgan fingerprint density at radius 1 is 1.04 bits per heavy atom. The first-order chi connectivity index (χ1) is 12.2. The van der Waals surface area contributed by atoms with E-state index in [1.54, 1.807) is 18.2 Å². The number of carbonyl (C=O) groups excluding carboxylic acids is 2. The summed E-state index contributed by atoms with van der Waals surface area (Å²) in [5, 5.41) is 0.883. The number of hydrogen-bond acceptors (Lipinski definition) is 3. The fourth-order valence-corrected chi connectivity index (χ4v) is 4.58. The summed E-state index contributed by atoms with van der Waals surface area (Å²) in [7, 11) is 0. The zero-order valence-corrected chi connectivity index (χ0v) is 17.1. The van der Waals surface area contributed by atoms with Crippen molar-refractivity contribution in [2.45, 2.75) is 40.2 Å². The number of nitrogens with zero attached hydrogens (tertiary/aromatic N) is 2. The molecule has 6 heteroatoms. The quantitative estimate of drug-likeness (QED) is 0.710. The van der Waals surface area contributed by atoms with Crippen LogP contribution in [0.15, 0.2) is 23.9 Å². The number of amides is 2. The lowest BCUT2D eigenvalue weighted by Gasteiger charge is -2.37. The molecule has 2 aliphatic rings. The van der Waals surface area contributed by atoms with Crippen molar-refractivity contribution < 1.29 is 9.59 Å². The molecule has 0 aromatic heterocycles. The molecule has 1 aromatic rings.